The lowest BCUT2D eigenvalue weighted by Gasteiger charge is -2.36. The topological polar surface area (TPSA) is 29.1 Å². The minimum atomic E-state index is -0.634. The van der Waals surface area contributed by atoms with Gasteiger partial charge in [0.05, 0.1) is 0 Å². The van der Waals surface area contributed by atoms with Crippen molar-refractivity contribution in [3.63, 3.8) is 0 Å². The maximum absolute atomic E-state index is 13.2. The second-order valence-electron chi connectivity index (χ2n) is 6.14. The van der Waals surface area contributed by atoms with Crippen LogP contribution in [0.2, 0.25) is 0 Å². The van der Waals surface area contributed by atoms with E-state index >= 15 is 0 Å². The smallest absolute Gasteiger partial charge is 0.143 e. The van der Waals surface area contributed by atoms with Crippen molar-refractivity contribution in [3.8, 4) is 0 Å². The molecule has 0 aromatic heterocycles. The summed E-state index contributed by atoms with van der Waals surface area (Å²) >= 11 is 0. The number of carbonyl (C=O) groups excluding carboxylic acids is 1. The number of hydrogen-bond acceptors (Lipinski definition) is 2. The third-order valence-electron chi connectivity index (χ3n) is 4.32. The molecule has 1 atom stereocenters. The summed E-state index contributed by atoms with van der Waals surface area (Å²) < 4.78 is 26.3. The van der Waals surface area contributed by atoms with Crippen LogP contribution in [0.1, 0.15) is 32.3 Å². The predicted molar refractivity (Wildman–Crippen MR) is 74.4 cm³/mol. The molecular formula is C16H21F2NO. The predicted octanol–water partition coefficient (Wildman–Crippen LogP) is 3.10. The number of nitrogens with one attached hydrogen (secondary N) is 1. The van der Waals surface area contributed by atoms with E-state index in [-0.39, 0.29) is 18.1 Å². The molecule has 0 spiro atoms. The zero-order valence-electron chi connectivity index (χ0n) is 12.0. The number of benzene rings is 1. The Balaban J connectivity index is 2.09. The SMILES string of the molecule is CC(C)(C(=O)Cc1cc(F)cc(F)c1)C1CCCNC1. The fourth-order valence-electron chi connectivity index (χ4n) is 2.82. The Morgan fingerprint density at radius 2 is 1.95 bits per heavy atom. The molecule has 1 aliphatic heterocycles. The van der Waals surface area contributed by atoms with Gasteiger partial charge in [0.25, 0.3) is 0 Å². The maximum atomic E-state index is 13.2. The Morgan fingerprint density at radius 3 is 2.50 bits per heavy atom. The lowest BCUT2D eigenvalue weighted by molar-refractivity contribution is -0.129. The van der Waals surface area contributed by atoms with Crippen LogP contribution in [0.15, 0.2) is 18.2 Å². The summed E-state index contributed by atoms with van der Waals surface area (Å²) in [5.41, 5.74) is -0.0692. The molecule has 2 nitrogen and oxygen atoms in total. The van der Waals surface area contributed by atoms with Gasteiger partial charge in [0.1, 0.15) is 17.4 Å². The van der Waals surface area contributed by atoms with E-state index < -0.39 is 17.0 Å². The van der Waals surface area contributed by atoms with Gasteiger partial charge in [-0.2, -0.15) is 0 Å². The molecule has 1 fully saturated rings. The van der Waals surface area contributed by atoms with E-state index in [0.717, 1.165) is 32.0 Å². The normalized spacial score (nSPS) is 19.9. The van der Waals surface area contributed by atoms with Gasteiger partial charge >= 0.3 is 0 Å². The van der Waals surface area contributed by atoms with Crippen LogP contribution in [0.3, 0.4) is 0 Å². The Labute approximate surface area is 118 Å². The molecule has 1 N–H and O–H groups in total. The summed E-state index contributed by atoms with van der Waals surface area (Å²) in [6, 6.07) is 3.29. The van der Waals surface area contributed by atoms with E-state index in [1.807, 2.05) is 13.8 Å². The molecule has 0 amide bonds. The molecule has 1 aromatic carbocycles. The van der Waals surface area contributed by atoms with Gasteiger partial charge in [-0.3, -0.25) is 4.79 Å². The minimum absolute atomic E-state index is 0.0381. The first-order valence-electron chi connectivity index (χ1n) is 7.08. The third-order valence-corrected chi connectivity index (χ3v) is 4.32. The van der Waals surface area contributed by atoms with Gasteiger partial charge in [-0.05, 0) is 49.5 Å². The van der Waals surface area contributed by atoms with Crippen molar-refractivity contribution < 1.29 is 13.6 Å². The fourth-order valence-corrected chi connectivity index (χ4v) is 2.82. The number of carbonyl (C=O) groups is 1. The van der Waals surface area contributed by atoms with Crippen molar-refractivity contribution in [1.82, 2.24) is 5.32 Å². The van der Waals surface area contributed by atoms with E-state index in [1.54, 1.807) is 0 Å². The highest BCUT2D eigenvalue weighted by Crippen LogP contribution is 2.33. The van der Waals surface area contributed by atoms with E-state index in [4.69, 9.17) is 0 Å². The van der Waals surface area contributed by atoms with Crippen molar-refractivity contribution in [2.45, 2.75) is 33.1 Å². The van der Waals surface area contributed by atoms with Gasteiger partial charge < -0.3 is 5.32 Å². The zero-order valence-corrected chi connectivity index (χ0v) is 12.0. The van der Waals surface area contributed by atoms with Crippen molar-refractivity contribution >= 4 is 5.78 Å². The number of ketones is 1. The van der Waals surface area contributed by atoms with Crippen LogP contribution in [0, 0.1) is 23.0 Å². The molecule has 1 aromatic rings. The Morgan fingerprint density at radius 1 is 1.30 bits per heavy atom. The highest BCUT2D eigenvalue weighted by molar-refractivity contribution is 5.86. The van der Waals surface area contributed by atoms with Crippen LogP contribution in [-0.2, 0) is 11.2 Å². The van der Waals surface area contributed by atoms with Crippen molar-refractivity contribution in [3.05, 3.63) is 35.4 Å². The molecule has 1 heterocycles. The summed E-state index contributed by atoms with van der Waals surface area (Å²) in [6.45, 7) is 5.69. The van der Waals surface area contributed by atoms with E-state index in [0.29, 0.717) is 5.56 Å². The molecular weight excluding hydrogens is 260 g/mol. The Kier molecular flexibility index (Phi) is 4.53. The van der Waals surface area contributed by atoms with Crippen molar-refractivity contribution in [2.75, 3.05) is 13.1 Å². The van der Waals surface area contributed by atoms with Crippen LogP contribution in [0.4, 0.5) is 8.78 Å². The van der Waals surface area contributed by atoms with Gasteiger partial charge in [0, 0.05) is 17.9 Å². The van der Waals surface area contributed by atoms with Crippen LogP contribution in [0.25, 0.3) is 0 Å². The van der Waals surface area contributed by atoms with Crippen molar-refractivity contribution in [2.24, 2.45) is 11.3 Å². The van der Waals surface area contributed by atoms with Gasteiger partial charge in [0.2, 0.25) is 0 Å². The molecule has 0 radical (unpaired) electrons. The second-order valence-corrected chi connectivity index (χ2v) is 6.14. The molecule has 0 saturated carbocycles. The minimum Gasteiger partial charge on any atom is -0.316 e. The first-order chi connectivity index (χ1) is 9.39. The summed E-state index contributed by atoms with van der Waals surface area (Å²) in [5.74, 6) is -0.951. The number of hydrogen-bond donors (Lipinski definition) is 1. The van der Waals surface area contributed by atoms with Gasteiger partial charge in [-0.25, -0.2) is 8.78 Å². The fraction of sp³-hybridized carbons (Fsp3) is 0.562. The van der Waals surface area contributed by atoms with Crippen LogP contribution >= 0.6 is 0 Å². The van der Waals surface area contributed by atoms with E-state index in [9.17, 15) is 13.6 Å². The number of halogens is 2. The maximum Gasteiger partial charge on any atom is 0.143 e. The number of rotatable bonds is 4. The number of piperidine rings is 1. The monoisotopic (exact) mass is 281 g/mol. The van der Waals surface area contributed by atoms with Crippen LogP contribution < -0.4 is 5.32 Å². The van der Waals surface area contributed by atoms with E-state index in [1.165, 1.54) is 12.1 Å². The molecule has 1 unspecified atom stereocenters. The molecule has 20 heavy (non-hydrogen) atoms. The van der Waals surface area contributed by atoms with Crippen molar-refractivity contribution in [1.29, 1.82) is 0 Å². The molecule has 0 aliphatic carbocycles. The third kappa shape index (κ3) is 3.42. The Hall–Kier alpha value is -1.29. The highest BCUT2D eigenvalue weighted by atomic mass is 19.1. The Bertz CT molecular complexity index is 473. The lowest BCUT2D eigenvalue weighted by Crippen LogP contribution is -2.43. The van der Waals surface area contributed by atoms with Gasteiger partial charge in [0.15, 0.2) is 0 Å². The zero-order chi connectivity index (χ0) is 14.8. The summed E-state index contributed by atoms with van der Waals surface area (Å²) in [5, 5.41) is 3.31. The number of Topliss-reactive ketones (excluding diaryl/α,β-unsaturated/α-hetero) is 1. The first kappa shape index (κ1) is 15.1. The van der Waals surface area contributed by atoms with E-state index in [2.05, 4.69) is 5.32 Å². The molecule has 1 aliphatic rings. The molecule has 2 rings (SSSR count). The van der Waals surface area contributed by atoms with Crippen LogP contribution in [-0.4, -0.2) is 18.9 Å². The molecule has 4 heteroatoms. The second kappa shape index (κ2) is 6.00. The molecule has 110 valence electrons. The first-order valence-corrected chi connectivity index (χ1v) is 7.08. The molecule has 1 saturated heterocycles. The summed E-state index contributed by atoms with van der Waals surface area (Å²) in [4.78, 5) is 12.5. The average Bonchev–Trinajstić information content (AvgIpc) is 2.38. The lowest BCUT2D eigenvalue weighted by atomic mass is 9.71. The molecule has 0 bridgehead atoms. The van der Waals surface area contributed by atoms with Crippen LogP contribution in [0.5, 0.6) is 0 Å². The van der Waals surface area contributed by atoms with Gasteiger partial charge in [-0.1, -0.05) is 13.8 Å². The largest absolute Gasteiger partial charge is 0.316 e. The highest BCUT2D eigenvalue weighted by Gasteiger charge is 2.36. The summed E-state index contributed by atoms with van der Waals surface area (Å²) in [6.07, 6.45) is 2.16. The van der Waals surface area contributed by atoms with Gasteiger partial charge in [-0.15, -0.1) is 0 Å². The average molecular weight is 281 g/mol. The quantitative estimate of drug-likeness (QED) is 0.919. The summed E-state index contributed by atoms with van der Waals surface area (Å²) in [7, 11) is 0. The standard InChI is InChI=1S/C16H21F2NO/c1-16(2,12-4-3-5-19-10-12)15(20)8-11-6-13(17)9-14(18)7-11/h6-7,9,12,19H,3-5,8,10H2,1-2H3.